The summed E-state index contributed by atoms with van der Waals surface area (Å²) in [6, 6.07) is 9.80. The number of benzene rings is 1. The second-order valence-electron chi connectivity index (χ2n) is 6.63. The SMILES string of the molecule is CC(CC(=O)NCCC(=O)NCc1ccccc1)C1CCNCC1. The first kappa shape index (κ1) is 18.5. The third kappa shape index (κ3) is 6.71. The minimum absolute atomic E-state index is 0.0365. The quantitative estimate of drug-likeness (QED) is 0.681. The number of carbonyl (C=O) groups excluding carboxylic acids is 2. The number of carbonyl (C=O) groups is 2. The number of hydrogen-bond donors (Lipinski definition) is 3. The third-order valence-electron chi connectivity index (χ3n) is 4.70. The molecule has 132 valence electrons. The first-order chi connectivity index (χ1) is 11.6. The molecule has 0 spiro atoms. The Kier molecular flexibility index (Phi) is 7.75. The predicted molar refractivity (Wildman–Crippen MR) is 95.3 cm³/mol. The molecule has 3 N–H and O–H groups in total. The predicted octanol–water partition coefficient (Wildman–Crippen LogP) is 1.83. The van der Waals surface area contributed by atoms with E-state index >= 15 is 0 Å². The minimum Gasteiger partial charge on any atom is -0.356 e. The summed E-state index contributed by atoms with van der Waals surface area (Å²) in [4.78, 5) is 23.8. The lowest BCUT2D eigenvalue weighted by Gasteiger charge is -2.27. The molecule has 24 heavy (non-hydrogen) atoms. The first-order valence-corrected chi connectivity index (χ1v) is 8.93. The highest BCUT2D eigenvalue weighted by molar-refractivity contribution is 5.79. The van der Waals surface area contributed by atoms with Crippen molar-refractivity contribution in [3.05, 3.63) is 35.9 Å². The maximum absolute atomic E-state index is 12.0. The van der Waals surface area contributed by atoms with Gasteiger partial charge in [-0.25, -0.2) is 0 Å². The highest BCUT2D eigenvalue weighted by atomic mass is 16.2. The van der Waals surface area contributed by atoms with Crippen LogP contribution in [0.15, 0.2) is 30.3 Å². The Balaban J connectivity index is 1.57. The topological polar surface area (TPSA) is 70.2 Å². The van der Waals surface area contributed by atoms with Crippen molar-refractivity contribution >= 4 is 11.8 Å². The van der Waals surface area contributed by atoms with Gasteiger partial charge >= 0.3 is 0 Å². The van der Waals surface area contributed by atoms with Gasteiger partial charge in [-0.15, -0.1) is 0 Å². The van der Waals surface area contributed by atoms with Gasteiger partial charge in [0.2, 0.25) is 11.8 Å². The van der Waals surface area contributed by atoms with Crippen LogP contribution < -0.4 is 16.0 Å². The molecule has 5 nitrogen and oxygen atoms in total. The van der Waals surface area contributed by atoms with E-state index in [2.05, 4.69) is 22.9 Å². The second kappa shape index (κ2) is 10.1. The average Bonchev–Trinajstić information content (AvgIpc) is 2.61. The van der Waals surface area contributed by atoms with Crippen LogP contribution in [-0.4, -0.2) is 31.4 Å². The van der Waals surface area contributed by atoms with Crippen LogP contribution in [0.1, 0.15) is 38.2 Å². The molecule has 1 heterocycles. The van der Waals surface area contributed by atoms with Gasteiger partial charge in [0.1, 0.15) is 0 Å². The zero-order valence-electron chi connectivity index (χ0n) is 14.5. The molecule has 5 heteroatoms. The molecular formula is C19H29N3O2. The molecule has 0 bridgehead atoms. The molecular weight excluding hydrogens is 302 g/mol. The second-order valence-corrected chi connectivity index (χ2v) is 6.63. The third-order valence-corrected chi connectivity index (χ3v) is 4.70. The van der Waals surface area contributed by atoms with Crippen molar-refractivity contribution in [1.29, 1.82) is 0 Å². The van der Waals surface area contributed by atoms with Crippen molar-refractivity contribution in [3.63, 3.8) is 0 Å². The lowest BCUT2D eigenvalue weighted by molar-refractivity contribution is -0.123. The molecule has 1 aromatic carbocycles. The largest absolute Gasteiger partial charge is 0.356 e. The van der Waals surface area contributed by atoms with Gasteiger partial charge in [0.25, 0.3) is 0 Å². The molecule has 0 aromatic heterocycles. The first-order valence-electron chi connectivity index (χ1n) is 8.93. The molecule has 1 fully saturated rings. The van der Waals surface area contributed by atoms with Gasteiger partial charge < -0.3 is 16.0 Å². The molecule has 0 radical (unpaired) electrons. The van der Waals surface area contributed by atoms with E-state index < -0.39 is 0 Å². The van der Waals surface area contributed by atoms with Crippen LogP contribution in [0.4, 0.5) is 0 Å². The molecule has 1 unspecified atom stereocenters. The van der Waals surface area contributed by atoms with Crippen LogP contribution in [-0.2, 0) is 16.1 Å². The van der Waals surface area contributed by atoms with Gasteiger partial charge in [0.15, 0.2) is 0 Å². The summed E-state index contributed by atoms with van der Waals surface area (Å²) in [5.74, 6) is 1.05. The molecule has 1 aromatic rings. The lowest BCUT2D eigenvalue weighted by atomic mass is 9.84. The molecule has 2 amide bonds. The Bertz CT molecular complexity index is 513. The molecule has 0 aliphatic carbocycles. The highest BCUT2D eigenvalue weighted by Gasteiger charge is 2.21. The number of nitrogens with one attached hydrogen (secondary N) is 3. The van der Waals surface area contributed by atoms with E-state index in [1.54, 1.807) is 0 Å². The van der Waals surface area contributed by atoms with Gasteiger partial charge in [-0.05, 0) is 43.3 Å². The maximum Gasteiger partial charge on any atom is 0.222 e. The standard InChI is InChI=1S/C19H29N3O2/c1-15(17-7-10-20-11-8-17)13-19(24)21-12-9-18(23)22-14-16-5-3-2-4-6-16/h2-6,15,17,20H,7-14H2,1H3,(H,21,24)(H,22,23). The Labute approximate surface area is 144 Å². The highest BCUT2D eigenvalue weighted by Crippen LogP contribution is 2.23. The van der Waals surface area contributed by atoms with E-state index in [0.29, 0.717) is 37.8 Å². The Hall–Kier alpha value is -1.88. The number of amides is 2. The van der Waals surface area contributed by atoms with Crippen molar-refractivity contribution < 1.29 is 9.59 Å². The van der Waals surface area contributed by atoms with E-state index in [9.17, 15) is 9.59 Å². The Morgan fingerprint density at radius 3 is 2.54 bits per heavy atom. The van der Waals surface area contributed by atoms with Crippen LogP contribution in [0.2, 0.25) is 0 Å². The van der Waals surface area contributed by atoms with Gasteiger partial charge in [0.05, 0.1) is 0 Å². The van der Waals surface area contributed by atoms with E-state index in [0.717, 1.165) is 31.5 Å². The van der Waals surface area contributed by atoms with Crippen molar-refractivity contribution in [2.24, 2.45) is 11.8 Å². The van der Waals surface area contributed by atoms with Crippen LogP contribution >= 0.6 is 0 Å². The van der Waals surface area contributed by atoms with Gasteiger partial charge in [-0.2, -0.15) is 0 Å². The van der Waals surface area contributed by atoms with E-state index in [1.165, 1.54) is 0 Å². The maximum atomic E-state index is 12.0. The fourth-order valence-corrected chi connectivity index (χ4v) is 3.14. The molecule has 1 aliphatic heterocycles. The van der Waals surface area contributed by atoms with E-state index in [-0.39, 0.29) is 11.8 Å². The fourth-order valence-electron chi connectivity index (χ4n) is 3.14. The summed E-state index contributed by atoms with van der Waals surface area (Å²) < 4.78 is 0. The molecule has 1 aliphatic rings. The Morgan fingerprint density at radius 1 is 1.12 bits per heavy atom. The minimum atomic E-state index is -0.0365. The summed E-state index contributed by atoms with van der Waals surface area (Å²) in [6.45, 7) is 5.19. The van der Waals surface area contributed by atoms with Gasteiger partial charge in [0, 0.05) is 25.9 Å². The monoisotopic (exact) mass is 331 g/mol. The van der Waals surface area contributed by atoms with Crippen LogP contribution in [0.5, 0.6) is 0 Å². The molecule has 2 rings (SSSR count). The summed E-state index contributed by atoms with van der Waals surface area (Å²) >= 11 is 0. The van der Waals surface area contributed by atoms with Gasteiger partial charge in [-0.1, -0.05) is 37.3 Å². The van der Waals surface area contributed by atoms with Gasteiger partial charge in [-0.3, -0.25) is 9.59 Å². The van der Waals surface area contributed by atoms with Crippen LogP contribution in [0, 0.1) is 11.8 Å². The lowest BCUT2D eigenvalue weighted by Crippen LogP contribution is -2.34. The van der Waals surface area contributed by atoms with Crippen molar-refractivity contribution in [2.75, 3.05) is 19.6 Å². The Morgan fingerprint density at radius 2 is 1.83 bits per heavy atom. The number of hydrogen-bond acceptors (Lipinski definition) is 3. The number of piperidine rings is 1. The van der Waals surface area contributed by atoms with Crippen LogP contribution in [0.25, 0.3) is 0 Å². The number of rotatable bonds is 8. The van der Waals surface area contributed by atoms with Crippen LogP contribution in [0.3, 0.4) is 0 Å². The van der Waals surface area contributed by atoms with E-state index in [4.69, 9.17) is 0 Å². The normalized spacial score (nSPS) is 16.4. The smallest absolute Gasteiger partial charge is 0.222 e. The summed E-state index contributed by atoms with van der Waals surface area (Å²) in [5.41, 5.74) is 1.07. The molecule has 0 saturated carbocycles. The zero-order chi connectivity index (χ0) is 17.2. The van der Waals surface area contributed by atoms with E-state index in [1.807, 2.05) is 30.3 Å². The molecule has 1 saturated heterocycles. The fraction of sp³-hybridized carbons (Fsp3) is 0.579. The van der Waals surface area contributed by atoms with Crippen molar-refractivity contribution in [1.82, 2.24) is 16.0 Å². The zero-order valence-corrected chi connectivity index (χ0v) is 14.5. The average molecular weight is 331 g/mol. The molecule has 1 atom stereocenters. The van der Waals surface area contributed by atoms with Crippen molar-refractivity contribution in [3.8, 4) is 0 Å². The summed E-state index contributed by atoms with van der Waals surface area (Å²) in [5, 5.41) is 9.08. The van der Waals surface area contributed by atoms with Crippen molar-refractivity contribution in [2.45, 2.75) is 39.2 Å². The summed E-state index contributed by atoms with van der Waals surface area (Å²) in [7, 11) is 0. The summed E-state index contributed by atoms with van der Waals surface area (Å²) in [6.07, 6.45) is 3.17.